The maximum absolute atomic E-state index is 13.0. The van der Waals surface area contributed by atoms with Gasteiger partial charge in [0.05, 0.1) is 6.04 Å². The molecular weight excluding hydrogens is 380 g/mol. The van der Waals surface area contributed by atoms with E-state index >= 15 is 0 Å². The number of benzene rings is 2. The molecule has 0 fully saturated rings. The molecule has 3 rings (SSSR count). The normalized spacial score (nSPS) is 12.9. The van der Waals surface area contributed by atoms with Gasteiger partial charge in [-0.05, 0) is 37.1 Å². The Hall–Kier alpha value is -3.29. The molecule has 0 radical (unpaired) electrons. The summed E-state index contributed by atoms with van der Waals surface area (Å²) >= 11 is 0. The number of rotatable bonds is 9. The molecular formula is C23H26N4O3. The summed E-state index contributed by atoms with van der Waals surface area (Å²) in [7, 11) is 0. The van der Waals surface area contributed by atoms with Crippen LogP contribution in [0.25, 0.3) is 10.9 Å². The molecule has 1 amide bonds. The molecule has 0 bridgehead atoms. The van der Waals surface area contributed by atoms with Gasteiger partial charge in [-0.3, -0.25) is 9.78 Å². The van der Waals surface area contributed by atoms with Crippen LogP contribution in [0.1, 0.15) is 18.4 Å². The minimum atomic E-state index is -0.886. The Morgan fingerprint density at radius 2 is 1.80 bits per heavy atom. The SMILES string of the molecule is NCCC[C@@H](N)C(=O)N[C@H](Cc1ccccc1)C(=O)Oc1cccc2cccnc12. The van der Waals surface area contributed by atoms with Crippen molar-refractivity contribution in [2.45, 2.75) is 31.3 Å². The topological polar surface area (TPSA) is 120 Å². The lowest BCUT2D eigenvalue weighted by Gasteiger charge is -2.20. The predicted molar refractivity (Wildman–Crippen MR) is 116 cm³/mol. The first kappa shape index (κ1) is 21.4. The van der Waals surface area contributed by atoms with Crippen LogP contribution in [0, 0.1) is 0 Å². The molecule has 5 N–H and O–H groups in total. The Balaban J connectivity index is 1.79. The van der Waals surface area contributed by atoms with Crippen LogP contribution < -0.4 is 21.5 Å². The third-order valence-electron chi connectivity index (χ3n) is 4.75. The van der Waals surface area contributed by atoms with Gasteiger partial charge in [-0.25, -0.2) is 4.79 Å². The summed E-state index contributed by atoms with van der Waals surface area (Å²) in [6.07, 6.45) is 3.00. The third kappa shape index (κ3) is 5.62. The quantitative estimate of drug-likeness (QED) is 0.369. The smallest absolute Gasteiger partial charge is 0.334 e. The van der Waals surface area contributed by atoms with Crippen molar-refractivity contribution in [3.05, 3.63) is 72.4 Å². The first-order valence-corrected chi connectivity index (χ1v) is 9.94. The van der Waals surface area contributed by atoms with Crippen molar-refractivity contribution in [3.63, 3.8) is 0 Å². The standard InChI is InChI=1S/C23H26N4O3/c24-13-5-11-18(25)22(28)27-19(15-16-7-2-1-3-8-16)23(29)30-20-12-4-9-17-10-6-14-26-21(17)20/h1-4,6-10,12,14,18-19H,5,11,13,15,24-25H2,(H,27,28)/t18-,19-/m1/s1. The van der Waals surface area contributed by atoms with Crippen molar-refractivity contribution in [3.8, 4) is 5.75 Å². The number of esters is 1. The van der Waals surface area contributed by atoms with Crippen LogP contribution in [0.2, 0.25) is 0 Å². The zero-order valence-electron chi connectivity index (χ0n) is 16.7. The molecule has 7 nitrogen and oxygen atoms in total. The minimum absolute atomic E-state index is 0.285. The number of nitrogens with zero attached hydrogens (tertiary/aromatic N) is 1. The Bertz CT molecular complexity index is 989. The minimum Gasteiger partial charge on any atom is -0.423 e. The van der Waals surface area contributed by atoms with E-state index in [-0.39, 0.29) is 6.42 Å². The molecule has 1 heterocycles. The van der Waals surface area contributed by atoms with Crippen molar-refractivity contribution in [2.24, 2.45) is 11.5 Å². The highest BCUT2D eigenvalue weighted by Crippen LogP contribution is 2.23. The van der Waals surface area contributed by atoms with Crippen molar-refractivity contribution in [2.75, 3.05) is 6.54 Å². The number of amides is 1. The van der Waals surface area contributed by atoms with E-state index in [1.165, 1.54) is 0 Å². The van der Waals surface area contributed by atoms with E-state index < -0.39 is 24.0 Å². The summed E-state index contributed by atoms with van der Waals surface area (Å²) in [5.41, 5.74) is 12.9. The summed E-state index contributed by atoms with van der Waals surface area (Å²) in [6, 6.07) is 16.9. The zero-order chi connectivity index (χ0) is 21.3. The first-order valence-electron chi connectivity index (χ1n) is 9.94. The molecule has 0 spiro atoms. The monoisotopic (exact) mass is 406 g/mol. The number of carbonyl (C=O) groups excluding carboxylic acids is 2. The molecule has 156 valence electrons. The van der Waals surface area contributed by atoms with E-state index in [0.29, 0.717) is 30.7 Å². The average molecular weight is 406 g/mol. The number of carbonyl (C=O) groups is 2. The molecule has 0 saturated carbocycles. The lowest BCUT2D eigenvalue weighted by Crippen LogP contribution is -2.50. The third-order valence-corrected chi connectivity index (χ3v) is 4.75. The predicted octanol–water partition coefficient (Wildman–Crippen LogP) is 1.93. The summed E-state index contributed by atoms with van der Waals surface area (Å²) < 4.78 is 5.65. The zero-order valence-corrected chi connectivity index (χ0v) is 16.7. The molecule has 30 heavy (non-hydrogen) atoms. The molecule has 0 aliphatic rings. The number of hydrogen-bond acceptors (Lipinski definition) is 6. The first-order chi connectivity index (χ1) is 14.6. The number of para-hydroxylation sites is 1. The van der Waals surface area contributed by atoms with Gasteiger partial charge >= 0.3 is 5.97 Å². The van der Waals surface area contributed by atoms with Crippen LogP contribution in [-0.4, -0.2) is 35.5 Å². The fraction of sp³-hybridized carbons (Fsp3) is 0.261. The summed E-state index contributed by atoms with van der Waals surface area (Å²) in [5.74, 6) is -0.633. The summed E-state index contributed by atoms with van der Waals surface area (Å²) in [4.78, 5) is 29.8. The fourth-order valence-corrected chi connectivity index (χ4v) is 3.13. The molecule has 0 aliphatic heterocycles. The number of fused-ring (bicyclic) bond motifs is 1. The van der Waals surface area contributed by atoms with Gasteiger partial charge in [0.15, 0.2) is 5.75 Å². The molecule has 3 aromatic rings. The highest BCUT2D eigenvalue weighted by molar-refractivity contribution is 5.91. The van der Waals surface area contributed by atoms with Gasteiger partial charge in [-0.1, -0.05) is 48.5 Å². The van der Waals surface area contributed by atoms with Crippen molar-refractivity contribution in [1.29, 1.82) is 0 Å². The average Bonchev–Trinajstić information content (AvgIpc) is 2.77. The number of aromatic nitrogens is 1. The van der Waals surface area contributed by atoms with E-state index in [0.717, 1.165) is 10.9 Å². The molecule has 0 saturated heterocycles. The Kier molecular flexibility index (Phi) is 7.48. The highest BCUT2D eigenvalue weighted by atomic mass is 16.5. The van der Waals surface area contributed by atoms with Crippen LogP contribution in [0.5, 0.6) is 5.75 Å². The number of hydrogen-bond donors (Lipinski definition) is 3. The van der Waals surface area contributed by atoms with Crippen LogP contribution in [0.15, 0.2) is 66.9 Å². The van der Waals surface area contributed by atoms with Crippen LogP contribution in [0.4, 0.5) is 0 Å². The number of pyridine rings is 1. The van der Waals surface area contributed by atoms with Gasteiger partial charge in [-0.2, -0.15) is 0 Å². The van der Waals surface area contributed by atoms with Crippen molar-refractivity contribution >= 4 is 22.8 Å². The molecule has 1 aromatic heterocycles. The number of ether oxygens (including phenoxy) is 1. The lowest BCUT2D eigenvalue weighted by molar-refractivity contribution is -0.139. The highest BCUT2D eigenvalue weighted by Gasteiger charge is 2.26. The van der Waals surface area contributed by atoms with Crippen LogP contribution in [0.3, 0.4) is 0 Å². The van der Waals surface area contributed by atoms with Crippen LogP contribution in [-0.2, 0) is 16.0 Å². The van der Waals surface area contributed by atoms with Gasteiger partial charge < -0.3 is 21.5 Å². The summed E-state index contributed by atoms with van der Waals surface area (Å²) in [6.45, 7) is 0.449. The van der Waals surface area contributed by atoms with Crippen molar-refractivity contribution in [1.82, 2.24) is 10.3 Å². The van der Waals surface area contributed by atoms with E-state index in [1.807, 2.05) is 48.5 Å². The van der Waals surface area contributed by atoms with Gasteiger partial charge in [0, 0.05) is 18.0 Å². The molecule has 2 aromatic carbocycles. The Morgan fingerprint density at radius 1 is 1.03 bits per heavy atom. The van der Waals surface area contributed by atoms with Crippen LogP contribution >= 0.6 is 0 Å². The molecule has 0 unspecified atom stereocenters. The van der Waals surface area contributed by atoms with E-state index in [9.17, 15) is 9.59 Å². The Labute approximate surface area is 175 Å². The Morgan fingerprint density at radius 3 is 2.57 bits per heavy atom. The molecule has 7 heteroatoms. The second-order valence-corrected chi connectivity index (χ2v) is 7.04. The van der Waals surface area contributed by atoms with Crippen molar-refractivity contribution < 1.29 is 14.3 Å². The summed E-state index contributed by atoms with van der Waals surface area (Å²) in [5, 5.41) is 3.60. The largest absolute Gasteiger partial charge is 0.423 e. The van der Waals surface area contributed by atoms with E-state index in [4.69, 9.17) is 16.2 Å². The molecule has 0 aliphatic carbocycles. The van der Waals surface area contributed by atoms with E-state index in [2.05, 4.69) is 10.3 Å². The molecule has 2 atom stereocenters. The maximum atomic E-state index is 13.0. The van der Waals surface area contributed by atoms with Gasteiger partial charge in [0.25, 0.3) is 0 Å². The van der Waals surface area contributed by atoms with E-state index in [1.54, 1.807) is 18.3 Å². The lowest BCUT2D eigenvalue weighted by atomic mass is 10.0. The van der Waals surface area contributed by atoms with Gasteiger partial charge in [-0.15, -0.1) is 0 Å². The number of nitrogens with one attached hydrogen (secondary N) is 1. The second kappa shape index (κ2) is 10.5. The number of nitrogens with two attached hydrogens (primary N) is 2. The van der Waals surface area contributed by atoms with Gasteiger partial charge in [0.1, 0.15) is 11.6 Å². The fourth-order valence-electron chi connectivity index (χ4n) is 3.13. The second-order valence-electron chi connectivity index (χ2n) is 7.04. The van der Waals surface area contributed by atoms with Gasteiger partial charge in [0.2, 0.25) is 5.91 Å². The maximum Gasteiger partial charge on any atom is 0.334 e.